The third kappa shape index (κ3) is 6.47. The van der Waals surface area contributed by atoms with Crippen LogP contribution in [0, 0.1) is 11.3 Å². The number of ether oxygens (including phenoxy) is 1. The Morgan fingerprint density at radius 1 is 1.00 bits per heavy atom. The zero-order chi connectivity index (χ0) is 33.1. The van der Waals surface area contributed by atoms with Crippen molar-refractivity contribution in [2.75, 3.05) is 56.4 Å². The minimum absolute atomic E-state index is 0.0861. The molecule has 12 heteroatoms. The lowest BCUT2D eigenvalue weighted by molar-refractivity contribution is -0.142. The Labute approximate surface area is 276 Å². The van der Waals surface area contributed by atoms with Gasteiger partial charge in [-0.1, -0.05) is 12.1 Å². The van der Waals surface area contributed by atoms with Crippen molar-refractivity contribution in [3.8, 4) is 17.0 Å². The van der Waals surface area contributed by atoms with E-state index in [1.165, 1.54) is 0 Å². The Morgan fingerprint density at radius 3 is 2.34 bits per heavy atom. The number of amides is 1. The van der Waals surface area contributed by atoms with Gasteiger partial charge in [0.2, 0.25) is 0 Å². The molecule has 2 bridgehead atoms. The van der Waals surface area contributed by atoms with E-state index in [2.05, 4.69) is 24.9 Å². The number of benzene rings is 1. The number of likely N-dealkylation sites (tertiary alicyclic amines) is 2. The Bertz CT molecular complexity index is 1460. The molecule has 5 aliphatic rings. The summed E-state index contributed by atoms with van der Waals surface area (Å²) in [6.07, 6.45) is 5.58. The Morgan fingerprint density at radius 2 is 1.68 bits per heavy atom. The van der Waals surface area contributed by atoms with Crippen molar-refractivity contribution in [2.24, 2.45) is 11.3 Å². The number of anilines is 2. The smallest absolute Gasteiger partial charge is 0.410 e. The van der Waals surface area contributed by atoms with E-state index in [1.807, 2.05) is 37.8 Å². The van der Waals surface area contributed by atoms with Crippen LogP contribution in [0.15, 0.2) is 30.3 Å². The summed E-state index contributed by atoms with van der Waals surface area (Å²) in [5.41, 5.74) is 7.94. The highest BCUT2D eigenvalue weighted by molar-refractivity contribution is 5.74. The molecule has 1 spiro atoms. The topological polar surface area (TPSA) is 111 Å². The number of rotatable bonds is 5. The number of aromatic hydroxyl groups is 1. The monoisotopic (exact) mass is 653 g/mol. The minimum Gasteiger partial charge on any atom is -0.507 e. The van der Waals surface area contributed by atoms with E-state index < -0.39 is 17.4 Å². The maximum Gasteiger partial charge on any atom is 0.410 e. The highest BCUT2D eigenvalue weighted by atomic mass is 19.3. The van der Waals surface area contributed by atoms with E-state index in [0.29, 0.717) is 68.9 Å². The van der Waals surface area contributed by atoms with Gasteiger partial charge in [0, 0.05) is 81.8 Å². The molecule has 1 aromatic heterocycles. The molecule has 2 aromatic rings. The van der Waals surface area contributed by atoms with Crippen molar-refractivity contribution in [3.63, 3.8) is 0 Å². The van der Waals surface area contributed by atoms with Crippen molar-refractivity contribution in [1.29, 1.82) is 0 Å². The summed E-state index contributed by atoms with van der Waals surface area (Å²) < 4.78 is 36.6. The molecule has 1 aromatic carbocycles. The molecule has 10 nitrogen and oxygen atoms in total. The third-order valence-corrected chi connectivity index (χ3v) is 11.5. The highest BCUT2D eigenvalue weighted by Crippen LogP contribution is 2.52. The first-order valence-electron chi connectivity index (χ1n) is 17.3. The molecule has 256 valence electrons. The summed E-state index contributed by atoms with van der Waals surface area (Å²) in [7, 11) is 0. The van der Waals surface area contributed by atoms with E-state index in [0.717, 1.165) is 44.2 Å². The van der Waals surface area contributed by atoms with E-state index in [-0.39, 0.29) is 35.8 Å². The van der Waals surface area contributed by atoms with Gasteiger partial charge < -0.3 is 25.4 Å². The second kappa shape index (κ2) is 12.0. The molecule has 1 aliphatic carbocycles. The molecule has 4 saturated heterocycles. The van der Waals surface area contributed by atoms with Gasteiger partial charge in [0.25, 0.3) is 5.92 Å². The van der Waals surface area contributed by atoms with Crippen molar-refractivity contribution in [3.05, 3.63) is 30.3 Å². The fourth-order valence-electron chi connectivity index (χ4n) is 8.83. The number of phenolic OH excluding ortho intramolecular Hbond substituents is 1. The van der Waals surface area contributed by atoms with Crippen LogP contribution < -0.4 is 10.6 Å². The molecule has 3 unspecified atom stereocenters. The van der Waals surface area contributed by atoms with Crippen LogP contribution in [0.4, 0.5) is 25.1 Å². The number of carbonyl (C=O) groups is 1. The maximum absolute atomic E-state index is 15.5. The predicted molar refractivity (Wildman–Crippen MR) is 176 cm³/mol. The highest BCUT2D eigenvalue weighted by Gasteiger charge is 2.53. The molecule has 5 heterocycles. The van der Waals surface area contributed by atoms with Crippen LogP contribution in [-0.2, 0) is 4.74 Å². The number of nitrogen functional groups attached to an aromatic ring is 1. The van der Waals surface area contributed by atoms with Gasteiger partial charge in [-0.3, -0.25) is 9.80 Å². The van der Waals surface area contributed by atoms with Gasteiger partial charge in [-0.05, 0) is 82.9 Å². The fraction of sp³-hybridized carbons (Fsp3) is 0.686. The van der Waals surface area contributed by atoms with Crippen LogP contribution in [0.5, 0.6) is 5.75 Å². The molecule has 3 N–H and O–H groups in total. The lowest BCUT2D eigenvalue weighted by atomic mass is 9.59. The fourth-order valence-corrected chi connectivity index (χ4v) is 8.83. The normalized spacial score (nSPS) is 28.0. The first-order chi connectivity index (χ1) is 22.3. The van der Waals surface area contributed by atoms with E-state index >= 15 is 8.78 Å². The molecular weight excluding hydrogens is 604 g/mol. The van der Waals surface area contributed by atoms with Crippen LogP contribution in [0.1, 0.15) is 65.7 Å². The predicted octanol–water partition coefficient (Wildman–Crippen LogP) is 5.22. The number of alkyl halides is 2. The lowest BCUT2D eigenvalue weighted by Gasteiger charge is -2.57. The molecule has 0 radical (unpaired) electrons. The quantitative estimate of drug-likeness (QED) is 0.449. The van der Waals surface area contributed by atoms with Crippen LogP contribution in [0.3, 0.4) is 0 Å². The molecule has 1 amide bonds. The zero-order valence-corrected chi connectivity index (χ0v) is 27.9. The number of hydrogen-bond donors (Lipinski definition) is 2. The average Bonchev–Trinajstić information content (AvgIpc) is 3.22. The standard InChI is InChI=1S/C35H49F2N7O3/c1-33(2,3)47-32(46)41-13-10-34(11-14-41)17-26(18-34)42-15-12-35(36,37)23(19-42)20-44-24-8-9-25(44)22-43(21-24)29-16-28(39-40-31(29)38)27-6-4-5-7-30(27)45/h4-7,16,23-26,45H,8-15,17-22H2,1-3H3,(H2,38,40). The summed E-state index contributed by atoms with van der Waals surface area (Å²) in [5.74, 6) is -2.91. The van der Waals surface area contributed by atoms with Crippen LogP contribution in [-0.4, -0.2) is 112 Å². The van der Waals surface area contributed by atoms with Crippen molar-refractivity contribution >= 4 is 17.6 Å². The van der Waals surface area contributed by atoms with E-state index in [1.54, 1.807) is 18.2 Å². The first kappa shape index (κ1) is 32.3. The van der Waals surface area contributed by atoms with E-state index in [9.17, 15) is 9.90 Å². The maximum atomic E-state index is 15.5. The average molecular weight is 654 g/mol. The van der Waals surface area contributed by atoms with Crippen LogP contribution in [0.2, 0.25) is 0 Å². The minimum atomic E-state index is -2.68. The number of nitrogens with zero attached hydrogens (tertiary/aromatic N) is 6. The van der Waals surface area contributed by atoms with Crippen LogP contribution in [0.25, 0.3) is 11.3 Å². The van der Waals surface area contributed by atoms with Gasteiger partial charge >= 0.3 is 6.09 Å². The van der Waals surface area contributed by atoms with Gasteiger partial charge in [-0.25, -0.2) is 13.6 Å². The number of carbonyl (C=O) groups excluding carboxylic acids is 1. The molecule has 4 aliphatic heterocycles. The van der Waals surface area contributed by atoms with E-state index in [4.69, 9.17) is 10.5 Å². The largest absolute Gasteiger partial charge is 0.507 e. The summed E-state index contributed by atoms with van der Waals surface area (Å²) in [6, 6.07) is 9.59. The number of halogens is 2. The van der Waals surface area contributed by atoms with Gasteiger partial charge in [0.1, 0.15) is 11.4 Å². The number of piperazine rings is 1. The third-order valence-electron chi connectivity index (χ3n) is 11.5. The number of nitrogens with two attached hydrogens (primary N) is 1. The Kier molecular flexibility index (Phi) is 8.26. The number of phenols is 1. The lowest BCUT2D eigenvalue weighted by Crippen LogP contribution is -2.62. The van der Waals surface area contributed by atoms with Crippen molar-refractivity contribution < 1.29 is 23.4 Å². The Balaban J connectivity index is 0.959. The van der Waals surface area contributed by atoms with Crippen molar-refractivity contribution in [1.82, 2.24) is 24.9 Å². The summed E-state index contributed by atoms with van der Waals surface area (Å²) in [5, 5.41) is 18.8. The molecule has 47 heavy (non-hydrogen) atoms. The van der Waals surface area contributed by atoms with Crippen LogP contribution >= 0.6 is 0 Å². The number of para-hydroxylation sites is 1. The zero-order valence-electron chi connectivity index (χ0n) is 27.9. The number of hydrogen-bond acceptors (Lipinski definition) is 9. The summed E-state index contributed by atoms with van der Waals surface area (Å²) >= 11 is 0. The number of aromatic nitrogens is 2. The SMILES string of the molecule is CC(C)(C)OC(=O)N1CCC2(CC1)CC(N1CCC(F)(F)C(CN3C4CCC3CN(c3cc(-c5ccccc5O)nnc3N)C4)C1)C2. The summed E-state index contributed by atoms with van der Waals surface area (Å²) in [4.78, 5) is 21.3. The molecular formula is C35H49F2N7O3. The van der Waals surface area contributed by atoms with Gasteiger partial charge in [-0.15, -0.1) is 10.2 Å². The molecule has 3 atom stereocenters. The van der Waals surface area contributed by atoms with Crippen molar-refractivity contribution in [2.45, 2.75) is 95.4 Å². The number of piperidine rings is 2. The summed E-state index contributed by atoms with van der Waals surface area (Å²) in [6.45, 7) is 9.74. The molecule has 5 fully saturated rings. The van der Waals surface area contributed by atoms with Gasteiger partial charge in [-0.2, -0.15) is 0 Å². The second-order valence-electron chi connectivity index (χ2n) is 15.7. The van der Waals surface area contributed by atoms with Gasteiger partial charge in [0.15, 0.2) is 5.82 Å². The van der Waals surface area contributed by atoms with Gasteiger partial charge in [0.05, 0.1) is 11.4 Å². The second-order valence-corrected chi connectivity index (χ2v) is 15.7. The molecule has 1 saturated carbocycles. The Hall–Kier alpha value is -3.25. The number of fused-ring (bicyclic) bond motifs is 2. The molecule has 7 rings (SSSR count). The first-order valence-corrected chi connectivity index (χ1v) is 17.3.